The lowest BCUT2D eigenvalue weighted by Gasteiger charge is -2.71. The van der Waals surface area contributed by atoms with E-state index in [4.69, 9.17) is 20.9 Å². The summed E-state index contributed by atoms with van der Waals surface area (Å²) in [6.07, 6.45) is -6.63. The van der Waals surface area contributed by atoms with Gasteiger partial charge in [-0.25, -0.2) is 4.99 Å². The van der Waals surface area contributed by atoms with Crippen LogP contribution in [0.2, 0.25) is 0 Å². The van der Waals surface area contributed by atoms with Crippen molar-refractivity contribution in [1.82, 2.24) is 10.6 Å². The molecule has 10 atom stereocenters. The number of nitrogens with zero attached hydrogens (tertiary/aromatic N) is 1. The Balaban J connectivity index is 1.65. The first-order chi connectivity index (χ1) is 14.5. The summed E-state index contributed by atoms with van der Waals surface area (Å²) in [7, 11) is 0. The number of aliphatic imine (C=N–C) groups is 1. The summed E-state index contributed by atoms with van der Waals surface area (Å²) in [5, 5.41) is 69.4. The van der Waals surface area contributed by atoms with Gasteiger partial charge in [-0.2, -0.15) is 0 Å². The quantitative estimate of drug-likeness (QED) is 0.156. The molecule has 31 heavy (non-hydrogen) atoms. The van der Waals surface area contributed by atoms with Crippen molar-refractivity contribution >= 4 is 11.9 Å². The van der Waals surface area contributed by atoms with E-state index in [9.17, 15) is 35.4 Å². The Morgan fingerprint density at radius 1 is 1.23 bits per heavy atom. The number of hydrogen-bond acceptors (Lipinski definition) is 13. The Bertz CT molecular complexity index is 772. The molecule has 1 spiro atoms. The molecule has 4 heterocycles. The van der Waals surface area contributed by atoms with Crippen LogP contribution in [0.1, 0.15) is 19.3 Å². The third-order valence-electron chi connectivity index (χ3n) is 6.84. The number of aliphatic hydroxyl groups is 5. The molecular formula is C17H29N5O9. The minimum atomic E-state index is -2.59. The maximum absolute atomic E-state index is 11.6. The van der Waals surface area contributed by atoms with Crippen LogP contribution in [-0.2, 0) is 14.3 Å². The van der Waals surface area contributed by atoms with E-state index in [-0.39, 0.29) is 12.4 Å². The Morgan fingerprint density at radius 2 is 1.90 bits per heavy atom. The molecule has 0 amide bonds. The standard InChI is InChI=1S/C17H29N5O9/c18-4-2-1-3-6(12(25)26)20-5-15(28)9-7-11(24)21-14(19)22-16(7)8(23)10(15)31-17(29,30-9)13(16)27/h6-11,13,20,23-24,27-29H,1-5,18H2,(H,25,26)(H3,19,21,22). The molecule has 4 aliphatic heterocycles. The minimum absolute atomic E-state index is 0.239. The number of rotatable bonds is 8. The van der Waals surface area contributed by atoms with Gasteiger partial charge in [0.15, 0.2) is 18.3 Å². The van der Waals surface area contributed by atoms with E-state index in [0.717, 1.165) is 0 Å². The second kappa shape index (κ2) is 7.47. The molecule has 1 aliphatic carbocycles. The molecule has 0 aromatic rings. The third kappa shape index (κ3) is 3.06. The van der Waals surface area contributed by atoms with Crippen molar-refractivity contribution < 1.29 is 44.9 Å². The average Bonchev–Trinajstić information content (AvgIpc) is 2.68. The highest BCUT2D eigenvalue weighted by atomic mass is 16.9. The Kier molecular flexibility index (Phi) is 5.44. The number of hydrogen-bond donors (Lipinski definition) is 10. The number of guanidine groups is 1. The Hall–Kier alpha value is -1.62. The van der Waals surface area contributed by atoms with Gasteiger partial charge in [0.25, 0.3) is 0 Å². The summed E-state index contributed by atoms with van der Waals surface area (Å²) in [6.45, 7) is -0.00281. The van der Waals surface area contributed by atoms with Crippen molar-refractivity contribution in [3.8, 4) is 0 Å². The highest BCUT2D eigenvalue weighted by Gasteiger charge is 2.82. The van der Waals surface area contributed by atoms with Crippen molar-refractivity contribution in [3.63, 3.8) is 0 Å². The van der Waals surface area contributed by atoms with Gasteiger partial charge in [-0.05, 0) is 19.4 Å². The van der Waals surface area contributed by atoms with Gasteiger partial charge in [-0.1, -0.05) is 6.42 Å². The monoisotopic (exact) mass is 447 g/mol. The molecular weight excluding hydrogens is 418 g/mol. The molecule has 1 saturated carbocycles. The molecule has 5 rings (SSSR count). The van der Waals surface area contributed by atoms with Crippen LogP contribution in [-0.4, -0.2) is 109 Å². The van der Waals surface area contributed by atoms with Crippen molar-refractivity contribution in [2.45, 2.75) is 73.1 Å². The Morgan fingerprint density at radius 3 is 2.55 bits per heavy atom. The predicted octanol–water partition coefficient (Wildman–Crippen LogP) is -5.34. The van der Waals surface area contributed by atoms with E-state index in [1.165, 1.54) is 0 Å². The summed E-state index contributed by atoms with van der Waals surface area (Å²) in [5.74, 6) is -5.25. The fourth-order valence-electron chi connectivity index (χ4n) is 5.35. The maximum atomic E-state index is 11.6. The molecule has 4 fully saturated rings. The molecule has 0 aromatic heterocycles. The SMILES string of the molecule is NCCCCC(NCC1(O)C2OC3(O)OC1C1C(O)N=C(N)NC1(C2O)C3O)C(=O)O. The number of aliphatic hydroxyl groups excluding tert-OH is 3. The molecule has 176 valence electrons. The van der Waals surface area contributed by atoms with Gasteiger partial charge in [0.1, 0.15) is 35.5 Å². The van der Waals surface area contributed by atoms with Gasteiger partial charge >= 0.3 is 11.9 Å². The van der Waals surface area contributed by atoms with Gasteiger partial charge in [-0.15, -0.1) is 0 Å². The van der Waals surface area contributed by atoms with E-state index >= 15 is 0 Å². The first-order valence-electron chi connectivity index (χ1n) is 10.1. The lowest BCUT2D eigenvalue weighted by Crippen LogP contribution is -2.95. The summed E-state index contributed by atoms with van der Waals surface area (Å²) >= 11 is 0. The van der Waals surface area contributed by atoms with Crippen LogP contribution in [0.4, 0.5) is 0 Å². The first-order valence-corrected chi connectivity index (χ1v) is 10.1. The van der Waals surface area contributed by atoms with Gasteiger partial charge in [0.2, 0.25) is 0 Å². The topological polar surface area (TPSA) is 245 Å². The zero-order valence-corrected chi connectivity index (χ0v) is 16.6. The zero-order chi connectivity index (χ0) is 22.8. The van der Waals surface area contributed by atoms with Gasteiger partial charge in [-0.3, -0.25) is 4.79 Å². The second-order valence-electron chi connectivity index (χ2n) is 8.61. The summed E-state index contributed by atoms with van der Waals surface area (Å²) in [6, 6.07) is -1.03. The summed E-state index contributed by atoms with van der Waals surface area (Å²) in [5.41, 5.74) is 7.24. The van der Waals surface area contributed by atoms with Crippen LogP contribution in [0.5, 0.6) is 0 Å². The number of carbonyl (C=O) groups is 1. The van der Waals surface area contributed by atoms with Crippen molar-refractivity contribution in [1.29, 1.82) is 0 Å². The van der Waals surface area contributed by atoms with Crippen molar-refractivity contribution in [2.24, 2.45) is 22.4 Å². The molecule has 3 saturated heterocycles. The fraction of sp³-hybridized carbons (Fsp3) is 0.882. The molecule has 0 radical (unpaired) electrons. The predicted molar refractivity (Wildman–Crippen MR) is 101 cm³/mol. The van der Waals surface area contributed by atoms with Gasteiger partial charge in [0.05, 0.1) is 5.92 Å². The molecule has 14 nitrogen and oxygen atoms in total. The van der Waals surface area contributed by atoms with E-state index < -0.39 is 72.2 Å². The van der Waals surface area contributed by atoms with Crippen molar-refractivity contribution in [2.75, 3.05) is 13.1 Å². The molecule has 5 aliphatic rings. The number of nitrogens with one attached hydrogen (secondary N) is 2. The van der Waals surface area contributed by atoms with Crippen LogP contribution in [0.3, 0.4) is 0 Å². The van der Waals surface area contributed by atoms with Crippen LogP contribution in [0, 0.1) is 5.92 Å². The van der Waals surface area contributed by atoms with Crippen LogP contribution in [0.25, 0.3) is 0 Å². The van der Waals surface area contributed by atoms with Gasteiger partial charge < -0.3 is 62.2 Å². The zero-order valence-electron chi connectivity index (χ0n) is 16.6. The normalized spacial score (nSPS) is 48.6. The largest absolute Gasteiger partial charge is 0.480 e. The maximum Gasteiger partial charge on any atom is 0.320 e. The number of ether oxygens (including phenoxy) is 2. The lowest BCUT2D eigenvalue weighted by molar-refractivity contribution is -0.546. The number of nitrogens with two attached hydrogens (primary N) is 2. The third-order valence-corrected chi connectivity index (χ3v) is 6.84. The van der Waals surface area contributed by atoms with Crippen LogP contribution in [0.15, 0.2) is 4.99 Å². The summed E-state index contributed by atoms with van der Waals surface area (Å²) in [4.78, 5) is 15.4. The molecule has 10 unspecified atom stereocenters. The molecule has 12 N–H and O–H groups in total. The fourth-order valence-corrected chi connectivity index (χ4v) is 5.35. The van der Waals surface area contributed by atoms with E-state index in [0.29, 0.717) is 19.4 Å². The van der Waals surface area contributed by atoms with Crippen LogP contribution < -0.4 is 22.1 Å². The lowest BCUT2D eigenvalue weighted by atomic mass is 9.55. The second-order valence-corrected chi connectivity index (χ2v) is 8.61. The highest BCUT2D eigenvalue weighted by molar-refractivity contribution is 5.80. The van der Waals surface area contributed by atoms with E-state index in [2.05, 4.69) is 15.6 Å². The number of carboxylic acids is 1. The Labute approximate surface area is 176 Å². The van der Waals surface area contributed by atoms with E-state index in [1.54, 1.807) is 0 Å². The summed E-state index contributed by atoms with van der Waals surface area (Å²) < 4.78 is 10.8. The first kappa shape index (κ1) is 22.6. The molecule has 14 heteroatoms. The van der Waals surface area contributed by atoms with Crippen molar-refractivity contribution in [3.05, 3.63) is 0 Å². The highest BCUT2D eigenvalue weighted by Crippen LogP contribution is 2.58. The molecule has 0 aromatic carbocycles. The number of aliphatic carboxylic acids is 1. The minimum Gasteiger partial charge on any atom is -0.480 e. The van der Waals surface area contributed by atoms with Crippen LogP contribution >= 0.6 is 0 Å². The van der Waals surface area contributed by atoms with E-state index in [1.807, 2.05) is 0 Å². The smallest absolute Gasteiger partial charge is 0.320 e. The number of carboxylic acid groups (broad SMARTS) is 1. The number of unbranched alkanes of at least 4 members (excludes halogenated alkanes) is 1. The molecule has 4 bridgehead atoms. The van der Waals surface area contributed by atoms with Gasteiger partial charge in [0, 0.05) is 6.54 Å². The average molecular weight is 447 g/mol.